The Bertz CT molecular complexity index is 346. The van der Waals surface area contributed by atoms with Crippen LogP contribution in [0.2, 0.25) is 6.32 Å². The highest BCUT2D eigenvalue weighted by Gasteiger charge is 2.15. The van der Waals surface area contributed by atoms with Crippen LogP contribution in [0.1, 0.15) is 29.6 Å². The SMILES string of the molecule is NC(CCCCB(O)Cl)C(=O)c1ccccc1. The van der Waals surface area contributed by atoms with Gasteiger partial charge in [-0.15, -0.1) is 0 Å². The van der Waals surface area contributed by atoms with Crippen LogP contribution in [-0.4, -0.2) is 23.2 Å². The topological polar surface area (TPSA) is 63.3 Å². The van der Waals surface area contributed by atoms with E-state index in [-0.39, 0.29) is 5.78 Å². The Labute approximate surface area is 107 Å². The highest BCUT2D eigenvalue weighted by atomic mass is 35.5. The molecular formula is C12H17BClNO2. The van der Waals surface area contributed by atoms with E-state index in [2.05, 4.69) is 0 Å². The van der Waals surface area contributed by atoms with Crippen LogP contribution in [-0.2, 0) is 0 Å². The number of Topliss-reactive ketones (excluding diaryl/α,β-unsaturated/α-hetero) is 1. The van der Waals surface area contributed by atoms with Crippen molar-refractivity contribution in [1.29, 1.82) is 0 Å². The molecular weight excluding hydrogens is 236 g/mol. The van der Waals surface area contributed by atoms with Crippen molar-refractivity contribution >= 4 is 23.6 Å². The van der Waals surface area contributed by atoms with Gasteiger partial charge >= 0.3 is 6.33 Å². The molecule has 1 rings (SSSR count). The zero-order valence-corrected chi connectivity index (χ0v) is 10.4. The van der Waals surface area contributed by atoms with Crippen LogP contribution < -0.4 is 5.73 Å². The van der Waals surface area contributed by atoms with Crippen LogP contribution in [0.15, 0.2) is 30.3 Å². The van der Waals surface area contributed by atoms with Gasteiger partial charge in [0, 0.05) is 5.56 Å². The van der Waals surface area contributed by atoms with Gasteiger partial charge in [0.15, 0.2) is 5.78 Å². The van der Waals surface area contributed by atoms with E-state index in [1.54, 1.807) is 12.1 Å². The minimum atomic E-state index is -0.795. The highest BCUT2D eigenvalue weighted by Crippen LogP contribution is 2.10. The second-order valence-electron chi connectivity index (χ2n) is 4.06. The number of benzene rings is 1. The molecule has 0 saturated heterocycles. The Morgan fingerprint density at radius 2 is 2.00 bits per heavy atom. The summed E-state index contributed by atoms with van der Waals surface area (Å²) in [6.07, 6.45) is 1.94. The van der Waals surface area contributed by atoms with Crippen LogP contribution >= 0.6 is 11.5 Å². The quantitative estimate of drug-likeness (QED) is 0.444. The van der Waals surface area contributed by atoms with E-state index in [1.165, 1.54) is 0 Å². The second-order valence-corrected chi connectivity index (χ2v) is 4.56. The lowest BCUT2D eigenvalue weighted by Gasteiger charge is -2.10. The van der Waals surface area contributed by atoms with Crippen molar-refractivity contribution in [3.05, 3.63) is 35.9 Å². The van der Waals surface area contributed by atoms with E-state index in [1.807, 2.05) is 18.2 Å². The zero-order chi connectivity index (χ0) is 12.7. The van der Waals surface area contributed by atoms with Crippen molar-refractivity contribution in [1.82, 2.24) is 0 Å². The molecule has 3 N–H and O–H groups in total. The molecule has 0 heterocycles. The standard InChI is InChI=1S/C12H17BClNO2/c14-13(17)9-5-4-8-11(15)12(16)10-6-2-1-3-7-10/h1-3,6-7,11,17H,4-5,8-9,15H2. The molecule has 0 amide bonds. The molecule has 0 aliphatic rings. The first-order valence-electron chi connectivity index (χ1n) is 5.78. The fraction of sp³-hybridized carbons (Fsp3) is 0.417. The number of rotatable bonds is 7. The Morgan fingerprint density at radius 1 is 1.35 bits per heavy atom. The number of hydrogen-bond donors (Lipinski definition) is 2. The second kappa shape index (κ2) is 7.48. The average Bonchev–Trinajstić information content (AvgIpc) is 2.34. The van der Waals surface area contributed by atoms with Gasteiger partial charge < -0.3 is 10.8 Å². The smallest absolute Gasteiger partial charge is 0.396 e. The van der Waals surface area contributed by atoms with Gasteiger partial charge in [0.2, 0.25) is 0 Å². The van der Waals surface area contributed by atoms with E-state index < -0.39 is 12.4 Å². The Kier molecular flexibility index (Phi) is 6.26. The molecule has 0 bridgehead atoms. The van der Waals surface area contributed by atoms with Gasteiger partial charge in [-0.2, -0.15) is 11.5 Å². The van der Waals surface area contributed by atoms with Gasteiger partial charge in [0.25, 0.3) is 0 Å². The van der Waals surface area contributed by atoms with Gasteiger partial charge in [0.05, 0.1) is 6.04 Å². The lowest BCUT2D eigenvalue weighted by atomic mass is 9.89. The summed E-state index contributed by atoms with van der Waals surface area (Å²) in [6, 6.07) is 8.58. The van der Waals surface area contributed by atoms with Gasteiger partial charge in [-0.1, -0.05) is 43.2 Å². The summed E-state index contributed by atoms with van der Waals surface area (Å²) < 4.78 is 0. The fourth-order valence-corrected chi connectivity index (χ4v) is 1.78. The summed E-state index contributed by atoms with van der Waals surface area (Å²) in [7, 11) is 0. The maximum Gasteiger partial charge on any atom is 0.396 e. The third kappa shape index (κ3) is 5.35. The van der Waals surface area contributed by atoms with Crippen LogP contribution in [0, 0.1) is 0 Å². The minimum Gasteiger partial charge on any atom is -0.438 e. The van der Waals surface area contributed by atoms with Gasteiger partial charge in [-0.25, -0.2) is 0 Å². The Morgan fingerprint density at radius 3 is 2.59 bits per heavy atom. The fourth-order valence-electron chi connectivity index (χ4n) is 1.62. The van der Waals surface area contributed by atoms with Gasteiger partial charge in [-0.05, 0) is 12.7 Å². The van der Waals surface area contributed by atoms with Crippen molar-refractivity contribution in [3.8, 4) is 0 Å². The largest absolute Gasteiger partial charge is 0.438 e. The average molecular weight is 254 g/mol. The maximum atomic E-state index is 11.9. The molecule has 0 radical (unpaired) electrons. The van der Waals surface area contributed by atoms with Crippen molar-refractivity contribution in [2.75, 3.05) is 0 Å². The molecule has 92 valence electrons. The van der Waals surface area contributed by atoms with Crippen LogP contribution in [0.5, 0.6) is 0 Å². The lowest BCUT2D eigenvalue weighted by Crippen LogP contribution is -2.30. The molecule has 0 aliphatic heterocycles. The Balaban J connectivity index is 2.33. The van der Waals surface area contributed by atoms with E-state index in [0.717, 1.165) is 12.8 Å². The number of nitrogens with two attached hydrogens (primary N) is 1. The third-order valence-corrected chi connectivity index (χ3v) is 2.82. The highest BCUT2D eigenvalue weighted by molar-refractivity contribution is 7.02. The zero-order valence-electron chi connectivity index (χ0n) is 9.68. The number of hydrogen-bond acceptors (Lipinski definition) is 3. The van der Waals surface area contributed by atoms with Gasteiger partial charge in [-0.3, -0.25) is 4.79 Å². The minimum absolute atomic E-state index is 0.0305. The summed E-state index contributed by atoms with van der Waals surface area (Å²) >= 11 is 5.41. The molecule has 1 unspecified atom stereocenters. The molecule has 3 nitrogen and oxygen atoms in total. The van der Waals surface area contributed by atoms with Crippen molar-refractivity contribution in [3.63, 3.8) is 0 Å². The molecule has 17 heavy (non-hydrogen) atoms. The molecule has 1 aromatic rings. The van der Waals surface area contributed by atoms with Crippen LogP contribution in [0.4, 0.5) is 0 Å². The summed E-state index contributed by atoms with van der Waals surface area (Å²) in [5.41, 5.74) is 6.47. The summed E-state index contributed by atoms with van der Waals surface area (Å²) in [6.45, 7) is 0. The predicted octanol–water partition coefficient (Wildman–Crippen LogP) is 2.09. The van der Waals surface area contributed by atoms with E-state index in [4.69, 9.17) is 22.2 Å². The molecule has 5 heteroatoms. The maximum absolute atomic E-state index is 11.9. The van der Waals surface area contributed by atoms with E-state index in [9.17, 15) is 4.79 Å². The first-order chi connectivity index (χ1) is 8.11. The van der Waals surface area contributed by atoms with Crippen molar-refractivity contribution in [2.24, 2.45) is 5.73 Å². The number of halogens is 1. The summed E-state index contributed by atoms with van der Waals surface area (Å²) in [5, 5.41) is 8.87. The molecule has 0 saturated carbocycles. The number of carbonyl (C=O) groups excluding carboxylic acids is 1. The summed E-state index contributed by atoms with van der Waals surface area (Å²) in [4.78, 5) is 11.9. The van der Waals surface area contributed by atoms with Crippen LogP contribution in [0.25, 0.3) is 0 Å². The van der Waals surface area contributed by atoms with Crippen LogP contribution in [0.3, 0.4) is 0 Å². The molecule has 0 spiro atoms. The molecule has 0 aromatic heterocycles. The number of ketones is 1. The predicted molar refractivity (Wildman–Crippen MR) is 71.2 cm³/mol. The molecule has 1 aromatic carbocycles. The molecule has 0 aliphatic carbocycles. The van der Waals surface area contributed by atoms with E-state index in [0.29, 0.717) is 18.3 Å². The normalized spacial score (nSPS) is 12.2. The monoisotopic (exact) mass is 253 g/mol. The lowest BCUT2D eigenvalue weighted by molar-refractivity contribution is 0.0956. The number of unbranched alkanes of at least 4 members (excludes halogenated alkanes) is 1. The molecule has 1 atom stereocenters. The Hall–Kier alpha value is -0.835. The van der Waals surface area contributed by atoms with Crippen molar-refractivity contribution in [2.45, 2.75) is 31.6 Å². The molecule has 0 fully saturated rings. The first kappa shape index (κ1) is 14.2. The van der Waals surface area contributed by atoms with E-state index >= 15 is 0 Å². The first-order valence-corrected chi connectivity index (χ1v) is 6.22. The van der Waals surface area contributed by atoms with Crippen molar-refractivity contribution < 1.29 is 9.82 Å². The summed E-state index contributed by atoms with van der Waals surface area (Å²) in [5.74, 6) is -0.0305. The number of carbonyl (C=O) groups is 1. The third-order valence-electron chi connectivity index (χ3n) is 2.60. The van der Waals surface area contributed by atoms with Gasteiger partial charge in [0.1, 0.15) is 0 Å².